The fraction of sp³-hybridized carbons (Fsp3) is 1.00. The van der Waals surface area contributed by atoms with Crippen LogP contribution in [0.4, 0.5) is 0 Å². The molecule has 0 spiro atoms. The predicted molar refractivity (Wildman–Crippen MR) is 43.5 cm³/mol. The van der Waals surface area contributed by atoms with Gasteiger partial charge in [0.05, 0.1) is 25.9 Å². The fourth-order valence-electron chi connectivity index (χ4n) is 2.06. The first-order valence-electron chi connectivity index (χ1n) is 4.24. The molecule has 2 fully saturated rings. The van der Waals surface area contributed by atoms with Gasteiger partial charge in [-0.2, -0.15) is 0 Å². The van der Waals surface area contributed by atoms with Crippen LogP contribution in [0.1, 0.15) is 0 Å². The molecule has 2 aliphatic heterocycles. The molecule has 5 heteroatoms. The molecule has 0 saturated carbocycles. The van der Waals surface area contributed by atoms with Crippen LogP contribution in [0, 0.1) is 5.92 Å². The van der Waals surface area contributed by atoms with E-state index in [0.717, 1.165) is 0 Å². The van der Waals surface area contributed by atoms with E-state index in [1.54, 1.807) is 0 Å². The van der Waals surface area contributed by atoms with Crippen molar-refractivity contribution >= 4 is 7.85 Å². The van der Waals surface area contributed by atoms with Gasteiger partial charge in [0.15, 0.2) is 0 Å². The van der Waals surface area contributed by atoms with Gasteiger partial charge in [-0.25, -0.2) is 0 Å². The summed E-state index contributed by atoms with van der Waals surface area (Å²) < 4.78 is 10.8. The van der Waals surface area contributed by atoms with Crippen molar-refractivity contribution in [3.05, 3.63) is 0 Å². The summed E-state index contributed by atoms with van der Waals surface area (Å²) in [7, 11) is 1.90. The molecule has 0 aromatic heterocycles. The quantitative estimate of drug-likeness (QED) is 0.437. The third-order valence-corrected chi connectivity index (χ3v) is 2.89. The Bertz CT molecular complexity index is 188. The molecule has 2 N–H and O–H groups in total. The van der Waals surface area contributed by atoms with Crippen molar-refractivity contribution in [1.82, 2.24) is 0 Å². The molecular weight excluding hydrogens is 159 g/mol. The Morgan fingerprint density at radius 2 is 2.33 bits per heavy atom. The van der Waals surface area contributed by atoms with Crippen molar-refractivity contribution < 1.29 is 19.7 Å². The highest BCUT2D eigenvalue weighted by Gasteiger charge is 2.55. The lowest BCUT2D eigenvalue weighted by molar-refractivity contribution is -0.153. The molecule has 2 rings (SSSR count). The highest BCUT2D eigenvalue weighted by atomic mass is 16.6. The SMILES string of the molecule is B[C@@H]1OC2(CO)COC[C@H]1C2O. The van der Waals surface area contributed by atoms with Crippen LogP contribution in [0.3, 0.4) is 0 Å². The minimum absolute atomic E-state index is 0.0188. The molecule has 0 amide bonds. The Hall–Kier alpha value is -0.0951. The highest BCUT2D eigenvalue weighted by Crippen LogP contribution is 2.38. The molecule has 0 radical (unpaired) electrons. The lowest BCUT2D eigenvalue weighted by Crippen LogP contribution is -2.52. The Morgan fingerprint density at radius 3 is 2.92 bits per heavy atom. The first-order chi connectivity index (χ1) is 5.69. The third kappa shape index (κ3) is 0.940. The standard InChI is InChI=1S/C7H13BO4/c8-6-4-1-11-3-7(2-9,12-6)5(4)10/h4-6,9-10H,1-3,8H2/t4-,5?,6+,7?/m0/s1. The maximum absolute atomic E-state index is 9.76. The molecule has 12 heavy (non-hydrogen) atoms. The average molecular weight is 172 g/mol. The molecule has 2 saturated heterocycles. The van der Waals surface area contributed by atoms with Gasteiger partial charge in [-0.05, 0) is 0 Å². The van der Waals surface area contributed by atoms with Crippen LogP contribution in [0.5, 0.6) is 0 Å². The lowest BCUT2D eigenvalue weighted by atomic mass is 9.81. The van der Waals surface area contributed by atoms with Crippen molar-refractivity contribution in [2.24, 2.45) is 5.92 Å². The minimum Gasteiger partial charge on any atom is -0.393 e. The average Bonchev–Trinajstić information content (AvgIpc) is 2.23. The van der Waals surface area contributed by atoms with E-state index in [1.165, 1.54) is 0 Å². The zero-order chi connectivity index (χ0) is 8.77. The molecular formula is C7H13BO4. The van der Waals surface area contributed by atoms with Crippen LogP contribution < -0.4 is 0 Å². The summed E-state index contributed by atoms with van der Waals surface area (Å²) in [6.07, 6.45) is -0.578. The molecule has 2 unspecified atom stereocenters. The maximum atomic E-state index is 9.76. The van der Waals surface area contributed by atoms with Crippen LogP contribution >= 0.6 is 0 Å². The van der Waals surface area contributed by atoms with Crippen molar-refractivity contribution in [2.75, 3.05) is 19.8 Å². The van der Waals surface area contributed by atoms with Crippen molar-refractivity contribution in [3.8, 4) is 0 Å². The van der Waals surface area contributed by atoms with Crippen LogP contribution in [0.2, 0.25) is 0 Å². The first-order valence-corrected chi connectivity index (χ1v) is 4.24. The molecule has 68 valence electrons. The van der Waals surface area contributed by atoms with Gasteiger partial charge in [-0.15, -0.1) is 0 Å². The molecule has 0 aromatic rings. The van der Waals surface area contributed by atoms with Gasteiger partial charge in [-0.3, -0.25) is 0 Å². The summed E-state index contributed by atoms with van der Waals surface area (Å²) in [4.78, 5) is 0. The number of hydrogen-bond acceptors (Lipinski definition) is 4. The molecule has 4 nitrogen and oxygen atoms in total. The maximum Gasteiger partial charge on any atom is 0.140 e. The van der Waals surface area contributed by atoms with E-state index >= 15 is 0 Å². The summed E-state index contributed by atoms with van der Waals surface area (Å²) in [6.45, 7) is 0.657. The normalized spacial score (nSPS) is 52.7. The second-order valence-electron chi connectivity index (χ2n) is 3.67. The van der Waals surface area contributed by atoms with E-state index in [1.807, 2.05) is 7.85 Å². The van der Waals surface area contributed by atoms with E-state index in [-0.39, 0.29) is 18.5 Å². The van der Waals surface area contributed by atoms with Crippen LogP contribution in [0.25, 0.3) is 0 Å². The van der Waals surface area contributed by atoms with E-state index < -0.39 is 11.7 Å². The van der Waals surface area contributed by atoms with Gasteiger partial charge in [0.1, 0.15) is 13.4 Å². The zero-order valence-corrected chi connectivity index (χ0v) is 7.06. The minimum atomic E-state index is -0.845. The zero-order valence-electron chi connectivity index (χ0n) is 7.06. The van der Waals surface area contributed by atoms with Crippen LogP contribution in [0.15, 0.2) is 0 Å². The summed E-state index contributed by atoms with van der Waals surface area (Å²) in [5.74, 6) is 0.0194. The Kier molecular flexibility index (Phi) is 1.91. The largest absolute Gasteiger partial charge is 0.393 e. The highest BCUT2D eigenvalue weighted by molar-refractivity contribution is 6.11. The van der Waals surface area contributed by atoms with Gasteiger partial charge in [0.25, 0.3) is 0 Å². The van der Waals surface area contributed by atoms with Gasteiger partial charge in [0.2, 0.25) is 0 Å². The van der Waals surface area contributed by atoms with Crippen molar-refractivity contribution in [3.63, 3.8) is 0 Å². The summed E-state index contributed by atoms with van der Waals surface area (Å²) in [5, 5.41) is 18.9. The Balaban J connectivity index is 2.24. The van der Waals surface area contributed by atoms with Gasteiger partial charge in [0, 0.05) is 11.9 Å². The number of aliphatic hydroxyl groups is 2. The van der Waals surface area contributed by atoms with E-state index in [4.69, 9.17) is 14.6 Å². The van der Waals surface area contributed by atoms with Crippen LogP contribution in [-0.4, -0.2) is 55.6 Å². The molecule has 0 aliphatic carbocycles. The number of rotatable bonds is 1. The van der Waals surface area contributed by atoms with E-state index in [9.17, 15) is 5.11 Å². The molecule has 0 aromatic carbocycles. The summed E-state index contributed by atoms with van der Waals surface area (Å²) in [5.41, 5.74) is -0.845. The summed E-state index contributed by atoms with van der Waals surface area (Å²) >= 11 is 0. The number of aliphatic hydroxyl groups excluding tert-OH is 2. The number of fused-ring (bicyclic) bond motifs is 2. The van der Waals surface area contributed by atoms with Crippen molar-refractivity contribution in [1.29, 1.82) is 0 Å². The van der Waals surface area contributed by atoms with E-state index in [0.29, 0.717) is 13.2 Å². The van der Waals surface area contributed by atoms with E-state index in [2.05, 4.69) is 0 Å². The Labute approximate surface area is 71.9 Å². The fourth-order valence-corrected chi connectivity index (χ4v) is 2.06. The first kappa shape index (κ1) is 8.50. The smallest absolute Gasteiger partial charge is 0.140 e. The predicted octanol–water partition coefficient (Wildman–Crippen LogP) is -2.29. The molecule has 2 aliphatic rings. The molecule has 2 bridgehead atoms. The van der Waals surface area contributed by atoms with Gasteiger partial charge in [-0.1, -0.05) is 0 Å². The molecule has 4 atom stereocenters. The topological polar surface area (TPSA) is 58.9 Å². The Morgan fingerprint density at radius 1 is 1.58 bits per heavy atom. The second kappa shape index (κ2) is 2.70. The van der Waals surface area contributed by atoms with Crippen LogP contribution in [-0.2, 0) is 9.47 Å². The van der Waals surface area contributed by atoms with Crippen molar-refractivity contribution in [2.45, 2.75) is 17.7 Å². The third-order valence-electron chi connectivity index (χ3n) is 2.89. The number of hydrogen-bond donors (Lipinski definition) is 2. The second-order valence-corrected chi connectivity index (χ2v) is 3.67. The monoisotopic (exact) mass is 172 g/mol. The number of ether oxygens (including phenoxy) is 2. The summed E-state index contributed by atoms with van der Waals surface area (Å²) in [6, 6.07) is -0.0188. The molecule has 2 heterocycles. The van der Waals surface area contributed by atoms with Gasteiger partial charge >= 0.3 is 0 Å². The van der Waals surface area contributed by atoms with Gasteiger partial charge < -0.3 is 19.7 Å². The lowest BCUT2D eigenvalue weighted by Gasteiger charge is -2.34.